The molecule has 0 fully saturated rings. The van der Waals surface area contributed by atoms with Crippen LogP contribution in [0.5, 0.6) is 0 Å². The van der Waals surface area contributed by atoms with Crippen LogP contribution < -0.4 is 0 Å². The molecule has 1 heterocycles. The fourth-order valence-electron chi connectivity index (χ4n) is 1.61. The van der Waals surface area contributed by atoms with Crippen molar-refractivity contribution < 1.29 is 10.0 Å². The van der Waals surface area contributed by atoms with Gasteiger partial charge in [-0.2, -0.15) is 0 Å². The fourth-order valence-corrected chi connectivity index (χ4v) is 1.61. The number of oxime groups is 1. The molecule has 14 heavy (non-hydrogen) atoms. The molecule has 0 bridgehead atoms. The van der Waals surface area contributed by atoms with Gasteiger partial charge >= 0.3 is 0 Å². The van der Waals surface area contributed by atoms with E-state index in [0.717, 1.165) is 11.1 Å². The summed E-state index contributed by atoms with van der Waals surface area (Å²) in [5.41, 5.74) is 1.84. The molecule has 1 aromatic rings. The zero-order valence-electron chi connectivity index (χ0n) is 7.77. The van der Waals surface area contributed by atoms with E-state index in [0.29, 0.717) is 6.54 Å². The molecule has 1 N–H and O–H groups in total. The lowest BCUT2D eigenvalue weighted by molar-refractivity contribution is -0.123. The Balaban J connectivity index is 2.59. The van der Waals surface area contributed by atoms with E-state index in [2.05, 4.69) is 5.16 Å². The maximum atomic E-state index is 11.6. The lowest BCUT2D eigenvalue weighted by atomic mass is 9.98. The van der Waals surface area contributed by atoms with Crippen molar-refractivity contribution in [2.45, 2.75) is 6.54 Å². The average Bonchev–Trinajstić information content (AvgIpc) is 2.20. The molecule has 4 nitrogen and oxygen atoms in total. The Labute approximate surface area is 81.5 Å². The van der Waals surface area contributed by atoms with Crippen LogP contribution in [0.15, 0.2) is 29.4 Å². The molecule has 0 saturated carbocycles. The third-order valence-corrected chi connectivity index (χ3v) is 2.33. The van der Waals surface area contributed by atoms with Crippen molar-refractivity contribution in [3.63, 3.8) is 0 Å². The molecule has 2 rings (SSSR count). The largest absolute Gasteiger partial charge is 0.410 e. The number of fused-ring (bicyclic) bond motifs is 1. The summed E-state index contributed by atoms with van der Waals surface area (Å²) in [7, 11) is 1.68. The van der Waals surface area contributed by atoms with Crippen molar-refractivity contribution in [2.75, 3.05) is 7.05 Å². The average molecular weight is 190 g/mol. The Hall–Kier alpha value is -1.84. The topological polar surface area (TPSA) is 52.9 Å². The molecular weight excluding hydrogens is 180 g/mol. The molecule has 0 aromatic heterocycles. The summed E-state index contributed by atoms with van der Waals surface area (Å²) in [6.45, 7) is 0.564. The first-order valence-electron chi connectivity index (χ1n) is 4.30. The first-order chi connectivity index (χ1) is 6.74. The zero-order valence-corrected chi connectivity index (χ0v) is 7.77. The summed E-state index contributed by atoms with van der Waals surface area (Å²) in [4.78, 5) is 13.1. The van der Waals surface area contributed by atoms with Crippen molar-refractivity contribution in [1.29, 1.82) is 0 Å². The van der Waals surface area contributed by atoms with Gasteiger partial charge in [0.15, 0.2) is 5.71 Å². The van der Waals surface area contributed by atoms with Gasteiger partial charge in [0.05, 0.1) is 0 Å². The predicted octanol–water partition coefficient (Wildman–Crippen LogP) is 0.837. The van der Waals surface area contributed by atoms with E-state index in [-0.39, 0.29) is 11.6 Å². The van der Waals surface area contributed by atoms with Crippen LogP contribution in [0.1, 0.15) is 11.1 Å². The first kappa shape index (κ1) is 8.74. The summed E-state index contributed by atoms with van der Waals surface area (Å²) >= 11 is 0. The minimum atomic E-state index is -0.244. The van der Waals surface area contributed by atoms with Gasteiger partial charge in [0, 0.05) is 19.2 Å². The summed E-state index contributed by atoms with van der Waals surface area (Å²) in [6, 6.07) is 7.43. The lowest BCUT2D eigenvalue weighted by Gasteiger charge is -2.24. The number of hydrogen-bond acceptors (Lipinski definition) is 3. The Morgan fingerprint density at radius 3 is 2.86 bits per heavy atom. The third-order valence-electron chi connectivity index (χ3n) is 2.33. The van der Waals surface area contributed by atoms with Gasteiger partial charge in [0.2, 0.25) is 0 Å². The number of amides is 1. The molecule has 0 spiro atoms. The van der Waals surface area contributed by atoms with Crippen LogP contribution in [0.3, 0.4) is 0 Å². The number of carbonyl (C=O) groups excluding carboxylic acids is 1. The van der Waals surface area contributed by atoms with Gasteiger partial charge in [0.25, 0.3) is 5.91 Å². The molecule has 72 valence electrons. The van der Waals surface area contributed by atoms with E-state index in [4.69, 9.17) is 5.21 Å². The van der Waals surface area contributed by atoms with Gasteiger partial charge in [-0.25, -0.2) is 0 Å². The molecule has 1 aliphatic heterocycles. The van der Waals surface area contributed by atoms with Crippen LogP contribution >= 0.6 is 0 Å². The van der Waals surface area contributed by atoms with Gasteiger partial charge in [-0.1, -0.05) is 29.4 Å². The normalized spacial score (nSPS) is 18.5. The lowest BCUT2D eigenvalue weighted by Crippen LogP contribution is -2.38. The Kier molecular flexibility index (Phi) is 1.96. The standard InChI is InChI=1S/C10H10N2O2/c1-12-6-7-4-2-3-5-8(7)9(11-14)10(12)13/h2-5,14H,6H2,1H3. The second-order valence-electron chi connectivity index (χ2n) is 3.27. The molecule has 0 radical (unpaired) electrons. The highest BCUT2D eigenvalue weighted by atomic mass is 16.4. The van der Waals surface area contributed by atoms with Crippen molar-refractivity contribution in [2.24, 2.45) is 5.16 Å². The number of benzene rings is 1. The summed E-state index contributed by atoms with van der Waals surface area (Å²) < 4.78 is 0. The molecule has 0 aliphatic carbocycles. The van der Waals surface area contributed by atoms with Crippen LogP contribution in [0.2, 0.25) is 0 Å². The van der Waals surface area contributed by atoms with E-state index < -0.39 is 0 Å². The maximum Gasteiger partial charge on any atom is 0.276 e. The third kappa shape index (κ3) is 1.16. The van der Waals surface area contributed by atoms with Crippen molar-refractivity contribution in [3.8, 4) is 0 Å². The minimum absolute atomic E-state index is 0.120. The summed E-state index contributed by atoms with van der Waals surface area (Å²) in [5.74, 6) is -0.244. The second kappa shape index (κ2) is 3.14. The van der Waals surface area contributed by atoms with Crippen molar-refractivity contribution in [1.82, 2.24) is 4.90 Å². The van der Waals surface area contributed by atoms with Crippen LogP contribution in [0.25, 0.3) is 0 Å². The molecular formula is C10H10N2O2. The molecule has 1 amide bonds. The monoisotopic (exact) mass is 190 g/mol. The highest BCUT2D eigenvalue weighted by molar-refractivity contribution is 6.46. The quantitative estimate of drug-likeness (QED) is 0.486. The van der Waals surface area contributed by atoms with Gasteiger partial charge in [-0.3, -0.25) is 4.79 Å². The van der Waals surface area contributed by atoms with Crippen LogP contribution in [0, 0.1) is 0 Å². The van der Waals surface area contributed by atoms with Gasteiger partial charge < -0.3 is 10.1 Å². The number of carbonyl (C=O) groups is 1. The molecule has 0 atom stereocenters. The molecule has 4 heteroatoms. The highest BCUT2D eigenvalue weighted by Gasteiger charge is 2.26. The molecule has 1 aromatic carbocycles. The zero-order chi connectivity index (χ0) is 10.1. The van der Waals surface area contributed by atoms with Gasteiger partial charge in [-0.05, 0) is 5.56 Å². The predicted molar refractivity (Wildman–Crippen MR) is 51.2 cm³/mol. The molecule has 0 saturated heterocycles. The van der Waals surface area contributed by atoms with E-state index in [9.17, 15) is 4.79 Å². The van der Waals surface area contributed by atoms with E-state index >= 15 is 0 Å². The van der Waals surface area contributed by atoms with Crippen molar-refractivity contribution >= 4 is 11.6 Å². The smallest absolute Gasteiger partial charge is 0.276 e. The van der Waals surface area contributed by atoms with Crippen molar-refractivity contribution in [3.05, 3.63) is 35.4 Å². The summed E-state index contributed by atoms with van der Waals surface area (Å²) in [5, 5.41) is 11.8. The maximum absolute atomic E-state index is 11.6. The van der Waals surface area contributed by atoms with Crippen LogP contribution in [-0.4, -0.2) is 28.8 Å². The second-order valence-corrected chi connectivity index (χ2v) is 3.27. The van der Waals surface area contributed by atoms with Gasteiger partial charge in [-0.15, -0.1) is 0 Å². The molecule has 0 unspecified atom stereocenters. The summed E-state index contributed by atoms with van der Waals surface area (Å²) in [6.07, 6.45) is 0. The van der Waals surface area contributed by atoms with E-state index in [1.807, 2.05) is 18.2 Å². The van der Waals surface area contributed by atoms with Crippen LogP contribution in [0.4, 0.5) is 0 Å². The Morgan fingerprint density at radius 1 is 1.43 bits per heavy atom. The minimum Gasteiger partial charge on any atom is -0.410 e. The first-order valence-corrected chi connectivity index (χ1v) is 4.30. The number of likely N-dealkylation sites (N-methyl/N-ethyl adjacent to an activating group) is 1. The highest BCUT2D eigenvalue weighted by Crippen LogP contribution is 2.18. The van der Waals surface area contributed by atoms with Gasteiger partial charge in [0.1, 0.15) is 0 Å². The Morgan fingerprint density at radius 2 is 2.14 bits per heavy atom. The fraction of sp³-hybridized carbons (Fsp3) is 0.200. The number of hydrogen-bond donors (Lipinski definition) is 1. The van der Waals surface area contributed by atoms with E-state index in [1.165, 1.54) is 4.90 Å². The molecule has 1 aliphatic rings. The number of rotatable bonds is 0. The van der Waals surface area contributed by atoms with E-state index in [1.54, 1.807) is 13.1 Å². The number of nitrogens with zero attached hydrogens (tertiary/aromatic N) is 2. The Bertz CT molecular complexity index is 412. The SMILES string of the molecule is CN1Cc2ccccc2C(=NO)C1=O. The van der Waals surface area contributed by atoms with Crippen LogP contribution in [-0.2, 0) is 11.3 Å².